The fourth-order valence-corrected chi connectivity index (χ4v) is 6.13. The Morgan fingerprint density at radius 2 is 1.64 bits per heavy atom. The van der Waals surface area contributed by atoms with Crippen molar-refractivity contribution in [1.29, 1.82) is 0 Å². The fourth-order valence-electron chi connectivity index (χ4n) is 4.40. The minimum absolute atomic E-state index is 0.0926. The van der Waals surface area contributed by atoms with Gasteiger partial charge in [-0.05, 0) is 35.7 Å². The standard InChI is InChI=1S/C26H23N3O3S/c1-28-22-14-6-5-11-21(22)18-29(23(26(28)30)17-19-9-3-2-4-10-19)33(31,32)24-15-7-12-20-13-8-16-27-25(20)24/h2-16,23H,17-18H2,1H3. The van der Waals surface area contributed by atoms with Crippen LogP contribution in [0.5, 0.6) is 0 Å². The molecular weight excluding hydrogens is 434 g/mol. The van der Waals surface area contributed by atoms with Gasteiger partial charge in [-0.15, -0.1) is 0 Å². The number of sulfonamides is 1. The zero-order valence-electron chi connectivity index (χ0n) is 18.1. The molecule has 0 saturated carbocycles. The third-order valence-corrected chi connectivity index (χ3v) is 7.98. The molecule has 33 heavy (non-hydrogen) atoms. The van der Waals surface area contributed by atoms with Crippen molar-refractivity contribution < 1.29 is 13.2 Å². The predicted octanol–water partition coefficient (Wildman–Crippen LogP) is 4.01. The maximum Gasteiger partial charge on any atom is 0.246 e. The molecule has 0 bridgehead atoms. The van der Waals surface area contributed by atoms with Gasteiger partial charge in [0, 0.05) is 30.9 Å². The number of carbonyl (C=O) groups is 1. The van der Waals surface area contributed by atoms with Crippen LogP contribution in [0.2, 0.25) is 0 Å². The van der Waals surface area contributed by atoms with Crippen LogP contribution in [0.1, 0.15) is 11.1 Å². The van der Waals surface area contributed by atoms with Crippen molar-refractivity contribution in [2.45, 2.75) is 23.9 Å². The van der Waals surface area contributed by atoms with Crippen LogP contribution < -0.4 is 4.90 Å². The number of para-hydroxylation sites is 2. The molecule has 3 aromatic carbocycles. The molecule has 0 saturated heterocycles. The van der Waals surface area contributed by atoms with Gasteiger partial charge in [-0.3, -0.25) is 9.78 Å². The molecule has 1 unspecified atom stereocenters. The van der Waals surface area contributed by atoms with Crippen molar-refractivity contribution in [3.63, 3.8) is 0 Å². The molecule has 1 aromatic heterocycles. The molecule has 0 N–H and O–H groups in total. The molecule has 0 spiro atoms. The molecular formula is C26H23N3O3S. The van der Waals surface area contributed by atoms with Gasteiger partial charge >= 0.3 is 0 Å². The summed E-state index contributed by atoms with van der Waals surface area (Å²) >= 11 is 0. The number of nitrogens with zero attached hydrogens (tertiary/aromatic N) is 3. The van der Waals surface area contributed by atoms with Gasteiger partial charge in [-0.25, -0.2) is 8.42 Å². The minimum Gasteiger partial charge on any atom is -0.314 e. The summed E-state index contributed by atoms with van der Waals surface area (Å²) in [6.07, 6.45) is 1.86. The lowest BCUT2D eigenvalue weighted by atomic mass is 10.1. The second kappa shape index (κ2) is 8.42. The van der Waals surface area contributed by atoms with Crippen molar-refractivity contribution in [3.8, 4) is 0 Å². The molecule has 0 aliphatic carbocycles. The van der Waals surface area contributed by atoms with Gasteiger partial charge in [-0.1, -0.05) is 66.7 Å². The van der Waals surface area contributed by atoms with E-state index in [1.807, 2.05) is 66.7 Å². The highest BCUT2D eigenvalue weighted by Gasteiger charge is 2.41. The lowest BCUT2D eigenvalue weighted by Crippen LogP contribution is -2.49. The van der Waals surface area contributed by atoms with Crippen molar-refractivity contribution >= 4 is 32.5 Å². The van der Waals surface area contributed by atoms with Gasteiger partial charge in [0.05, 0.1) is 5.52 Å². The van der Waals surface area contributed by atoms with Crippen LogP contribution in [0.3, 0.4) is 0 Å². The van der Waals surface area contributed by atoms with E-state index in [9.17, 15) is 13.2 Å². The zero-order valence-corrected chi connectivity index (χ0v) is 18.9. The van der Waals surface area contributed by atoms with E-state index in [2.05, 4.69) is 4.98 Å². The summed E-state index contributed by atoms with van der Waals surface area (Å²) in [5.74, 6) is -0.263. The summed E-state index contributed by atoms with van der Waals surface area (Å²) in [5.41, 5.74) is 2.79. The number of benzene rings is 3. The van der Waals surface area contributed by atoms with E-state index in [1.165, 1.54) is 4.31 Å². The van der Waals surface area contributed by atoms with E-state index in [-0.39, 0.29) is 23.8 Å². The first-order valence-corrected chi connectivity index (χ1v) is 12.2. The number of amides is 1. The van der Waals surface area contributed by atoms with Crippen molar-refractivity contribution in [2.75, 3.05) is 11.9 Å². The number of hydrogen-bond acceptors (Lipinski definition) is 4. The lowest BCUT2D eigenvalue weighted by Gasteiger charge is -2.29. The Kier molecular flexibility index (Phi) is 5.44. The Morgan fingerprint density at radius 1 is 0.909 bits per heavy atom. The van der Waals surface area contributed by atoms with Gasteiger partial charge in [0.2, 0.25) is 15.9 Å². The average Bonchev–Trinajstić information content (AvgIpc) is 2.95. The van der Waals surface area contributed by atoms with Crippen molar-refractivity contribution in [2.24, 2.45) is 0 Å². The molecule has 4 aromatic rings. The second-order valence-electron chi connectivity index (χ2n) is 8.11. The number of rotatable bonds is 4. The third kappa shape index (κ3) is 3.79. The highest BCUT2D eigenvalue weighted by atomic mass is 32.2. The summed E-state index contributed by atoms with van der Waals surface area (Å²) in [6.45, 7) is 0.0926. The van der Waals surface area contributed by atoms with E-state index in [1.54, 1.807) is 36.3 Å². The van der Waals surface area contributed by atoms with Crippen LogP contribution in [0.4, 0.5) is 5.69 Å². The zero-order chi connectivity index (χ0) is 23.0. The van der Waals surface area contributed by atoms with Crippen LogP contribution in [0.25, 0.3) is 10.9 Å². The topological polar surface area (TPSA) is 70.6 Å². The molecule has 6 nitrogen and oxygen atoms in total. The first-order valence-electron chi connectivity index (χ1n) is 10.7. The molecule has 166 valence electrons. The number of pyridine rings is 1. The third-order valence-electron chi connectivity index (χ3n) is 6.10. The monoisotopic (exact) mass is 457 g/mol. The van der Waals surface area contributed by atoms with Crippen molar-refractivity contribution in [3.05, 3.63) is 102 Å². The molecule has 7 heteroatoms. The molecule has 1 aliphatic heterocycles. The normalized spacial score (nSPS) is 17.1. The molecule has 1 aliphatic rings. The largest absolute Gasteiger partial charge is 0.314 e. The minimum atomic E-state index is -4.06. The number of anilines is 1. The van der Waals surface area contributed by atoms with Crippen LogP contribution >= 0.6 is 0 Å². The number of hydrogen-bond donors (Lipinski definition) is 0. The smallest absolute Gasteiger partial charge is 0.246 e. The molecule has 0 radical (unpaired) electrons. The molecule has 0 fully saturated rings. The SMILES string of the molecule is CN1C(=O)C(Cc2ccccc2)N(S(=O)(=O)c2cccc3cccnc23)Cc2ccccc21. The Morgan fingerprint density at radius 3 is 2.45 bits per heavy atom. The van der Waals surface area contributed by atoms with E-state index in [0.717, 1.165) is 16.5 Å². The maximum absolute atomic E-state index is 14.1. The highest BCUT2D eigenvalue weighted by Crippen LogP contribution is 2.33. The molecule has 1 atom stereocenters. The van der Waals surface area contributed by atoms with Crippen LogP contribution in [0.15, 0.2) is 96.0 Å². The maximum atomic E-state index is 14.1. The quantitative estimate of drug-likeness (QED) is 0.464. The van der Waals surface area contributed by atoms with Gasteiger partial charge in [0.15, 0.2) is 0 Å². The Bertz CT molecular complexity index is 1430. The van der Waals surface area contributed by atoms with Crippen LogP contribution in [-0.2, 0) is 27.8 Å². The Labute approximate surface area is 193 Å². The summed E-state index contributed by atoms with van der Waals surface area (Å²) in [7, 11) is -2.35. The lowest BCUT2D eigenvalue weighted by molar-refractivity contribution is -0.121. The van der Waals surface area contributed by atoms with E-state index >= 15 is 0 Å². The first kappa shape index (κ1) is 21.3. The Balaban J connectivity index is 1.69. The average molecular weight is 458 g/mol. The predicted molar refractivity (Wildman–Crippen MR) is 128 cm³/mol. The summed E-state index contributed by atoms with van der Waals surface area (Å²) in [4.78, 5) is 19.7. The number of fused-ring (bicyclic) bond motifs is 2. The van der Waals surface area contributed by atoms with Crippen LogP contribution in [-0.4, -0.2) is 36.7 Å². The highest BCUT2D eigenvalue weighted by molar-refractivity contribution is 7.89. The number of carbonyl (C=O) groups excluding carboxylic acids is 1. The van der Waals surface area contributed by atoms with Gasteiger partial charge < -0.3 is 4.90 Å². The van der Waals surface area contributed by atoms with Crippen LogP contribution in [0, 0.1) is 0 Å². The Hall–Kier alpha value is -3.55. The summed E-state index contributed by atoms with van der Waals surface area (Å²) < 4.78 is 29.6. The van der Waals surface area contributed by atoms with E-state index in [4.69, 9.17) is 0 Å². The van der Waals surface area contributed by atoms with Gasteiger partial charge in [0.25, 0.3) is 0 Å². The first-order chi connectivity index (χ1) is 16.0. The fraction of sp³-hybridized carbons (Fsp3) is 0.154. The molecule has 2 heterocycles. The van der Waals surface area contributed by atoms with E-state index in [0.29, 0.717) is 11.2 Å². The summed E-state index contributed by atoms with van der Waals surface area (Å²) in [5, 5.41) is 0.733. The molecule has 1 amide bonds. The van der Waals surface area contributed by atoms with E-state index < -0.39 is 16.1 Å². The number of aromatic nitrogens is 1. The molecule has 5 rings (SSSR count). The van der Waals surface area contributed by atoms with Gasteiger partial charge in [-0.2, -0.15) is 4.31 Å². The summed E-state index contributed by atoms with van der Waals surface area (Å²) in [6, 6.07) is 24.8. The van der Waals surface area contributed by atoms with Gasteiger partial charge in [0.1, 0.15) is 10.9 Å². The number of likely N-dealkylation sites (N-methyl/N-ethyl adjacent to an activating group) is 1. The van der Waals surface area contributed by atoms with Crippen molar-refractivity contribution in [1.82, 2.24) is 9.29 Å². The second-order valence-corrected chi connectivity index (χ2v) is 9.97.